The number of sulfonamides is 1. The summed E-state index contributed by atoms with van der Waals surface area (Å²) in [6, 6.07) is 8.29. The third kappa shape index (κ3) is 2.34. The van der Waals surface area contributed by atoms with Crippen LogP contribution in [0.5, 0.6) is 5.75 Å². The lowest BCUT2D eigenvalue weighted by Gasteiger charge is -2.29. The molecule has 0 amide bonds. The number of hydrogen-bond acceptors (Lipinski definition) is 5. The zero-order valence-electron chi connectivity index (χ0n) is 11.6. The predicted molar refractivity (Wildman–Crippen MR) is 82.5 cm³/mol. The van der Waals surface area contributed by atoms with Gasteiger partial charge in [0.2, 0.25) is 0 Å². The molecule has 0 saturated heterocycles. The van der Waals surface area contributed by atoms with Crippen LogP contribution in [0.4, 0.5) is 5.69 Å². The third-order valence-electron chi connectivity index (χ3n) is 3.32. The minimum absolute atomic E-state index is 0.0269. The summed E-state index contributed by atoms with van der Waals surface area (Å²) in [6.07, 6.45) is 0. The van der Waals surface area contributed by atoms with E-state index in [0.29, 0.717) is 17.0 Å². The van der Waals surface area contributed by atoms with E-state index in [1.807, 2.05) is 0 Å². The van der Waals surface area contributed by atoms with Crippen LogP contribution in [0.1, 0.15) is 15.2 Å². The van der Waals surface area contributed by atoms with Gasteiger partial charge in [0, 0.05) is 0 Å². The van der Waals surface area contributed by atoms with E-state index in [9.17, 15) is 13.2 Å². The number of aryl methyl sites for hydroxylation is 1. The predicted octanol–water partition coefficient (Wildman–Crippen LogP) is 2.34. The maximum Gasteiger partial charge on any atom is 0.346 e. The van der Waals surface area contributed by atoms with E-state index in [2.05, 4.69) is 0 Å². The molecule has 3 rings (SSSR count). The Kier molecular flexibility index (Phi) is 3.57. The molecule has 6 nitrogen and oxygen atoms in total. The van der Waals surface area contributed by atoms with Crippen molar-refractivity contribution >= 4 is 33.0 Å². The van der Waals surface area contributed by atoms with Crippen LogP contribution in [0, 0.1) is 6.92 Å². The van der Waals surface area contributed by atoms with Crippen LogP contribution < -0.4 is 9.04 Å². The van der Waals surface area contributed by atoms with Crippen LogP contribution in [0.15, 0.2) is 34.5 Å². The van der Waals surface area contributed by atoms with Crippen molar-refractivity contribution in [3.63, 3.8) is 0 Å². The quantitative estimate of drug-likeness (QED) is 0.928. The first-order chi connectivity index (χ1) is 10.4. The molecule has 116 valence electrons. The van der Waals surface area contributed by atoms with E-state index in [1.165, 1.54) is 10.4 Å². The number of carboxylic acids is 1. The van der Waals surface area contributed by atoms with Gasteiger partial charge in [-0.05, 0) is 30.7 Å². The first-order valence-electron chi connectivity index (χ1n) is 6.49. The van der Waals surface area contributed by atoms with Gasteiger partial charge in [-0.15, -0.1) is 11.3 Å². The van der Waals surface area contributed by atoms with E-state index in [-0.39, 0.29) is 22.2 Å². The largest absolute Gasteiger partial charge is 0.489 e. The Balaban J connectivity index is 2.08. The van der Waals surface area contributed by atoms with Gasteiger partial charge in [-0.25, -0.2) is 13.2 Å². The lowest BCUT2D eigenvalue weighted by molar-refractivity contribution is 0.0701. The first kappa shape index (κ1) is 14.9. The topological polar surface area (TPSA) is 83.9 Å². The standard InChI is InChI=1S/C14H13NO5S2/c1-9-8-12(21-13(9)14(16)17)22(18,19)15-6-7-20-11-5-3-2-4-10(11)15/h2-5,8H,6-7H2,1H3,(H,16,17). The van der Waals surface area contributed by atoms with E-state index in [1.54, 1.807) is 31.2 Å². The summed E-state index contributed by atoms with van der Waals surface area (Å²) in [4.78, 5) is 11.2. The minimum atomic E-state index is -3.80. The van der Waals surface area contributed by atoms with Gasteiger partial charge in [0.15, 0.2) is 0 Å². The number of fused-ring (bicyclic) bond motifs is 1. The average Bonchev–Trinajstić information content (AvgIpc) is 2.89. The number of ether oxygens (including phenoxy) is 1. The molecule has 1 aromatic carbocycles. The minimum Gasteiger partial charge on any atom is -0.489 e. The number of thiophene rings is 1. The second-order valence-corrected chi connectivity index (χ2v) is 7.92. The Morgan fingerprint density at radius 2 is 2.09 bits per heavy atom. The van der Waals surface area contributed by atoms with Crippen LogP contribution in [0.25, 0.3) is 0 Å². The molecule has 22 heavy (non-hydrogen) atoms. The van der Waals surface area contributed by atoms with E-state index >= 15 is 0 Å². The Labute approximate surface area is 131 Å². The van der Waals surface area contributed by atoms with Crippen LogP contribution in [-0.2, 0) is 10.0 Å². The molecule has 2 aromatic rings. The number of para-hydroxylation sites is 2. The van der Waals surface area contributed by atoms with Crippen LogP contribution >= 0.6 is 11.3 Å². The smallest absolute Gasteiger partial charge is 0.346 e. The second-order valence-electron chi connectivity index (χ2n) is 4.78. The summed E-state index contributed by atoms with van der Waals surface area (Å²) in [6.45, 7) is 2.04. The lowest BCUT2D eigenvalue weighted by Crippen LogP contribution is -2.37. The highest BCUT2D eigenvalue weighted by Crippen LogP contribution is 2.37. The SMILES string of the molecule is Cc1cc(S(=O)(=O)N2CCOc3ccccc32)sc1C(=O)O. The number of aromatic carboxylic acids is 1. The molecule has 1 aromatic heterocycles. The molecule has 0 spiro atoms. The van der Waals surface area contributed by atoms with Gasteiger partial charge in [0.05, 0.1) is 12.2 Å². The van der Waals surface area contributed by atoms with Gasteiger partial charge >= 0.3 is 5.97 Å². The molecule has 0 fully saturated rings. The monoisotopic (exact) mass is 339 g/mol. The summed E-state index contributed by atoms with van der Waals surface area (Å²) >= 11 is 0.773. The maximum atomic E-state index is 12.8. The summed E-state index contributed by atoms with van der Waals surface area (Å²) in [5.41, 5.74) is 0.911. The zero-order valence-corrected chi connectivity index (χ0v) is 13.3. The zero-order chi connectivity index (χ0) is 15.9. The van der Waals surface area contributed by atoms with E-state index in [0.717, 1.165) is 11.3 Å². The average molecular weight is 339 g/mol. The van der Waals surface area contributed by atoms with Crippen molar-refractivity contribution in [3.8, 4) is 5.75 Å². The number of carboxylic acid groups (broad SMARTS) is 1. The Hall–Kier alpha value is -2.06. The number of nitrogens with zero attached hydrogens (tertiary/aromatic N) is 1. The van der Waals surface area contributed by atoms with Gasteiger partial charge in [-0.2, -0.15) is 0 Å². The molecular formula is C14H13NO5S2. The van der Waals surface area contributed by atoms with E-state index in [4.69, 9.17) is 9.84 Å². The lowest BCUT2D eigenvalue weighted by atomic mass is 10.2. The number of benzene rings is 1. The Morgan fingerprint density at radius 1 is 1.36 bits per heavy atom. The van der Waals surface area contributed by atoms with Crippen molar-refractivity contribution in [2.45, 2.75) is 11.1 Å². The molecule has 1 aliphatic rings. The molecule has 0 radical (unpaired) electrons. The summed E-state index contributed by atoms with van der Waals surface area (Å²) in [5.74, 6) is -0.615. The molecule has 0 saturated carbocycles. The molecule has 0 aliphatic carbocycles. The van der Waals surface area contributed by atoms with Gasteiger partial charge < -0.3 is 9.84 Å². The van der Waals surface area contributed by atoms with Crippen molar-refractivity contribution in [2.75, 3.05) is 17.5 Å². The number of hydrogen-bond donors (Lipinski definition) is 1. The van der Waals surface area contributed by atoms with Crippen molar-refractivity contribution in [1.29, 1.82) is 0 Å². The molecule has 8 heteroatoms. The summed E-state index contributed by atoms with van der Waals surface area (Å²) in [5, 5.41) is 9.09. The van der Waals surface area contributed by atoms with Crippen molar-refractivity contribution < 1.29 is 23.1 Å². The summed E-state index contributed by atoms with van der Waals surface area (Å²) < 4.78 is 32.4. The van der Waals surface area contributed by atoms with Gasteiger partial charge in [0.1, 0.15) is 21.4 Å². The molecule has 1 N–H and O–H groups in total. The molecule has 0 bridgehead atoms. The van der Waals surface area contributed by atoms with Gasteiger partial charge in [0.25, 0.3) is 10.0 Å². The molecule has 0 atom stereocenters. The van der Waals surface area contributed by atoms with Crippen LogP contribution in [0.3, 0.4) is 0 Å². The number of rotatable bonds is 3. The maximum absolute atomic E-state index is 12.8. The normalized spacial score (nSPS) is 14.3. The summed E-state index contributed by atoms with van der Waals surface area (Å²) in [7, 11) is -3.80. The van der Waals surface area contributed by atoms with Crippen LogP contribution in [-0.4, -0.2) is 32.6 Å². The molecule has 1 aliphatic heterocycles. The van der Waals surface area contributed by atoms with Crippen LogP contribution in [0.2, 0.25) is 0 Å². The fourth-order valence-electron chi connectivity index (χ4n) is 2.29. The molecular weight excluding hydrogens is 326 g/mol. The molecule has 2 heterocycles. The second kappa shape index (κ2) is 5.29. The van der Waals surface area contributed by atoms with Crippen molar-refractivity contribution in [1.82, 2.24) is 0 Å². The number of carbonyl (C=O) groups is 1. The Bertz CT molecular complexity index is 841. The van der Waals surface area contributed by atoms with Gasteiger partial charge in [-0.3, -0.25) is 4.31 Å². The Morgan fingerprint density at radius 3 is 2.77 bits per heavy atom. The van der Waals surface area contributed by atoms with Gasteiger partial charge in [-0.1, -0.05) is 12.1 Å². The highest BCUT2D eigenvalue weighted by Gasteiger charge is 2.32. The first-order valence-corrected chi connectivity index (χ1v) is 8.75. The highest BCUT2D eigenvalue weighted by molar-refractivity contribution is 7.94. The highest BCUT2D eigenvalue weighted by atomic mass is 32.2. The fourth-order valence-corrected chi connectivity index (χ4v) is 5.25. The van der Waals surface area contributed by atoms with Crippen molar-refractivity contribution in [3.05, 3.63) is 40.8 Å². The fraction of sp³-hybridized carbons (Fsp3) is 0.214. The molecule has 0 unspecified atom stereocenters. The van der Waals surface area contributed by atoms with E-state index < -0.39 is 16.0 Å². The third-order valence-corrected chi connectivity index (χ3v) is 6.81. The number of anilines is 1. The van der Waals surface area contributed by atoms with Crippen molar-refractivity contribution in [2.24, 2.45) is 0 Å².